The molecule has 0 aliphatic carbocycles. The molecule has 0 aliphatic rings. The molecule has 1 aromatic carbocycles. The largest absolute Gasteiger partial charge is 0.328 e. The van der Waals surface area contributed by atoms with Crippen LogP contribution in [0.2, 0.25) is 0 Å². The Labute approximate surface area is 112 Å². The van der Waals surface area contributed by atoms with E-state index >= 15 is 0 Å². The van der Waals surface area contributed by atoms with Crippen LogP contribution in [-0.2, 0) is 13.0 Å². The minimum absolute atomic E-state index is 0.107. The van der Waals surface area contributed by atoms with Gasteiger partial charge < -0.3 is 4.57 Å². The molecule has 102 valence electrons. The second-order valence-corrected chi connectivity index (χ2v) is 4.71. The summed E-state index contributed by atoms with van der Waals surface area (Å²) < 4.78 is 2.20. The standard InChI is InChI=1S/C14H19N3O2/c1-3-5-9-16-13-8-7-11(17(18)19)10-12(13)15-14(16)6-4-2/h7-8,10H,3-6,9H2,1-2H3. The van der Waals surface area contributed by atoms with Crippen LogP contribution in [0.25, 0.3) is 11.0 Å². The van der Waals surface area contributed by atoms with Crippen LogP contribution in [0.3, 0.4) is 0 Å². The topological polar surface area (TPSA) is 61.0 Å². The van der Waals surface area contributed by atoms with Gasteiger partial charge in [-0.05, 0) is 18.9 Å². The van der Waals surface area contributed by atoms with E-state index in [2.05, 4.69) is 23.4 Å². The Morgan fingerprint density at radius 3 is 2.74 bits per heavy atom. The van der Waals surface area contributed by atoms with E-state index in [1.165, 1.54) is 0 Å². The highest BCUT2D eigenvalue weighted by atomic mass is 16.6. The van der Waals surface area contributed by atoms with Crippen molar-refractivity contribution in [3.8, 4) is 0 Å². The third-order valence-electron chi connectivity index (χ3n) is 3.23. The van der Waals surface area contributed by atoms with Crippen molar-refractivity contribution < 1.29 is 4.92 Å². The third kappa shape index (κ3) is 2.75. The predicted molar refractivity (Wildman–Crippen MR) is 75.3 cm³/mol. The molecule has 5 nitrogen and oxygen atoms in total. The number of fused-ring (bicyclic) bond motifs is 1. The van der Waals surface area contributed by atoms with Gasteiger partial charge in [0.1, 0.15) is 5.82 Å². The van der Waals surface area contributed by atoms with Crippen molar-refractivity contribution in [2.45, 2.75) is 46.1 Å². The summed E-state index contributed by atoms with van der Waals surface area (Å²) in [5, 5.41) is 10.8. The number of benzene rings is 1. The summed E-state index contributed by atoms with van der Waals surface area (Å²) in [5.74, 6) is 1.03. The molecule has 1 aromatic heterocycles. The Bertz CT molecular complexity index is 590. The van der Waals surface area contributed by atoms with Gasteiger partial charge in [0.25, 0.3) is 5.69 Å². The lowest BCUT2D eigenvalue weighted by molar-refractivity contribution is -0.384. The number of imidazole rings is 1. The van der Waals surface area contributed by atoms with Crippen LogP contribution in [0.1, 0.15) is 38.9 Å². The van der Waals surface area contributed by atoms with Gasteiger partial charge in [-0.2, -0.15) is 0 Å². The van der Waals surface area contributed by atoms with Crippen LogP contribution in [0.5, 0.6) is 0 Å². The van der Waals surface area contributed by atoms with E-state index in [1.54, 1.807) is 12.1 Å². The molecule has 2 aromatic rings. The summed E-state index contributed by atoms with van der Waals surface area (Å²) in [4.78, 5) is 15.0. The zero-order valence-corrected chi connectivity index (χ0v) is 11.4. The molecule has 0 unspecified atom stereocenters. The first-order valence-electron chi connectivity index (χ1n) is 6.81. The minimum atomic E-state index is -0.371. The van der Waals surface area contributed by atoms with Gasteiger partial charge in [-0.3, -0.25) is 10.1 Å². The fraction of sp³-hybridized carbons (Fsp3) is 0.500. The second kappa shape index (κ2) is 5.82. The third-order valence-corrected chi connectivity index (χ3v) is 3.23. The highest BCUT2D eigenvalue weighted by Crippen LogP contribution is 2.23. The van der Waals surface area contributed by atoms with Gasteiger partial charge in [-0.1, -0.05) is 20.3 Å². The van der Waals surface area contributed by atoms with E-state index in [1.807, 2.05) is 6.07 Å². The van der Waals surface area contributed by atoms with Gasteiger partial charge in [0.15, 0.2) is 0 Å². The molecular formula is C14H19N3O2. The minimum Gasteiger partial charge on any atom is -0.328 e. The normalized spacial score (nSPS) is 11.1. The van der Waals surface area contributed by atoms with Crippen molar-refractivity contribution in [2.24, 2.45) is 0 Å². The molecule has 0 saturated carbocycles. The van der Waals surface area contributed by atoms with Gasteiger partial charge in [0.05, 0.1) is 16.0 Å². The van der Waals surface area contributed by atoms with Crippen molar-refractivity contribution in [1.82, 2.24) is 9.55 Å². The Balaban J connectivity index is 2.49. The molecule has 2 rings (SSSR count). The Kier molecular flexibility index (Phi) is 4.14. The number of hydrogen-bond acceptors (Lipinski definition) is 3. The molecule has 5 heteroatoms. The summed E-state index contributed by atoms with van der Waals surface area (Å²) in [6.07, 6.45) is 4.15. The summed E-state index contributed by atoms with van der Waals surface area (Å²) in [6.45, 7) is 5.20. The zero-order valence-electron chi connectivity index (χ0n) is 11.4. The number of nitro benzene ring substituents is 1. The maximum absolute atomic E-state index is 10.8. The molecule has 0 N–H and O–H groups in total. The monoisotopic (exact) mass is 261 g/mol. The number of hydrogen-bond donors (Lipinski definition) is 0. The fourth-order valence-corrected chi connectivity index (χ4v) is 2.26. The molecule has 19 heavy (non-hydrogen) atoms. The highest BCUT2D eigenvalue weighted by molar-refractivity contribution is 5.78. The predicted octanol–water partition coefficient (Wildman–Crippen LogP) is 3.70. The summed E-state index contributed by atoms with van der Waals surface area (Å²) in [5.41, 5.74) is 1.84. The molecule has 0 bridgehead atoms. The molecule has 1 heterocycles. The van der Waals surface area contributed by atoms with Crippen molar-refractivity contribution in [2.75, 3.05) is 0 Å². The molecular weight excluding hydrogens is 242 g/mol. The van der Waals surface area contributed by atoms with Gasteiger partial charge >= 0.3 is 0 Å². The lowest BCUT2D eigenvalue weighted by Gasteiger charge is -2.07. The maximum atomic E-state index is 10.8. The van der Waals surface area contributed by atoms with Crippen LogP contribution in [-0.4, -0.2) is 14.5 Å². The van der Waals surface area contributed by atoms with Gasteiger partial charge in [0.2, 0.25) is 0 Å². The Hall–Kier alpha value is -1.91. The van der Waals surface area contributed by atoms with E-state index in [9.17, 15) is 10.1 Å². The lowest BCUT2D eigenvalue weighted by atomic mass is 10.2. The first-order chi connectivity index (χ1) is 9.17. The molecule has 0 amide bonds. The van der Waals surface area contributed by atoms with Crippen LogP contribution in [0.4, 0.5) is 5.69 Å². The number of aryl methyl sites for hydroxylation is 2. The average Bonchev–Trinajstić information content (AvgIpc) is 2.73. The molecule has 0 radical (unpaired) electrons. The van der Waals surface area contributed by atoms with Crippen molar-refractivity contribution >= 4 is 16.7 Å². The molecule has 0 atom stereocenters. The van der Waals surface area contributed by atoms with E-state index in [0.717, 1.165) is 49.1 Å². The van der Waals surface area contributed by atoms with Crippen LogP contribution < -0.4 is 0 Å². The number of nitro groups is 1. The van der Waals surface area contributed by atoms with Crippen molar-refractivity contribution in [3.05, 3.63) is 34.1 Å². The van der Waals surface area contributed by atoms with Crippen LogP contribution in [0, 0.1) is 10.1 Å². The van der Waals surface area contributed by atoms with Crippen LogP contribution >= 0.6 is 0 Å². The van der Waals surface area contributed by atoms with Crippen molar-refractivity contribution in [3.63, 3.8) is 0 Å². The number of nitrogens with zero attached hydrogens (tertiary/aromatic N) is 3. The quantitative estimate of drug-likeness (QED) is 0.588. The number of aromatic nitrogens is 2. The second-order valence-electron chi connectivity index (χ2n) is 4.71. The SMILES string of the molecule is CCCCn1c(CCC)nc2cc([N+](=O)[O-])ccc21. The lowest BCUT2D eigenvalue weighted by Crippen LogP contribution is -2.03. The van der Waals surface area contributed by atoms with E-state index in [0.29, 0.717) is 0 Å². The zero-order chi connectivity index (χ0) is 13.8. The smallest absolute Gasteiger partial charge is 0.271 e. The average molecular weight is 261 g/mol. The Morgan fingerprint density at radius 1 is 1.32 bits per heavy atom. The van der Waals surface area contributed by atoms with Gasteiger partial charge in [0, 0.05) is 25.1 Å². The van der Waals surface area contributed by atoms with Crippen LogP contribution in [0.15, 0.2) is 18.2 Å². The number of unbranched alkanes of at least 4 members (excludes halogenated alkanes) is 1. The van der Waals surface area contributed by atoms with E-state index in [-0.39, 0.29) is 10.6 Å². The van der Waals surface area contributed by atoms with Gasteiger partial charge in [-0.25, -0.2) is 4.98 Å². The summed E-state index contributed by atoms with van der Waals surface area (Å²) in [6, 6.07) is 4.94. The fourth-order valence-electron chi connectivity index (χ4n) is 2.26. The van der Waals surface area contributed by atoms with E-state index in [4.69, 9.17) is 0 Å². The maximum Gasteiger partial charge on any atom is 0.271 e. The first kappa shape index (κ1) is 13.5. The summed E-state index contributed by atoms with van der Waals surface area (Å²) >= 11 is 0. The van der Waals surface area contributed by atoms with E-state index < -0.39 is 0 Å². The first-order valence-corrected chi connectivity index (χ1v) is 6.81. The number of rotatable bonds is 6. The molecule has 0 saturated heterocycles. The van der Waals surface area contributed by atoms with Crippen molar-refractivity contribution in [1.29, 1.82) is 0 Å². The Morgan fingerprint density at radius 2 is 2.11 bits per heavy atom. The molecule has 0 aliphatic heterocycles. The molecule has 0 fully saturated rings. The highest BCUT2D eigenvalue weighted by Gasteiger charge is 2.13. The number of non-ortho nitro benzene ring substituents is 1. The van der Waals surface area contributed by atoms with Gasteiger partial charge in [-0.15, -0.1) is 0 Å². The summed E-state index contributed by atoms with van der Waals surface area (Å²) in [7, 11) is 0. The molecule has 0 spiro atoms.